The third kappa shape index (κ3) is 16.1. The van der Waals surface area contributed by atoms with Crippen molar-refractivity contribution in [2.75, 3.05) is 4.90 Å². The molecule has 6 aliphatic carbocycles. The maximum absolute atomic E-state index is 7.92. The van der Waals surface area contributed by atoms with Crippen LogP contribution in [0.4, 0.5) is 17.1 Å². The van der Waals surface area contributed by atoms with Crippen molar-refractivity contribution in [2.24, 2.45) is 0 Å². The minimum Gasteiger partial charge on any atom is -0.456 e. The molecule has 2 aromatic heterocycles. The number of unbranched alkanes of at least 4 members (excludes halogenated alkanes) is 24. The molecule has 18 aromatic rings. The lowest BCUT2D eigenvalue weighted by molar-refractivity contribution is 0.369. The molecule has 0 unspecified atom stereocenters. The largest absolute Gasteiger partial charge is 0.456 e. The summed E-state index contributed by atoms with van der Waals surface area (Å²) in [5.41, 5.74) is 45.8. The molecule has 3 nitrogen and oxygen atoms in total. The maximum atomic E-state index is 7.92. The van der Waals surface area contributed by atoms with Gasteiger partial charge in [0.1, 0.15) is 22.3 Å². The van der Waals surface area contributed by atoms with Gasteiger partial charge >= 0.3 is 0 Å². The summed E-state index contributed by atoms with van der Waals surface area (Å²) in [4.78, 5) is 2.77. The Labute approximate surface area is 887 Å². The average Bonchev–Trinajstić information content (AvgIpc) is 1.49. The smallest absolute Gasteiger partial charge is 0.144 e. The average molecular weight is 1950 g/mol. The zero-order chi connectivity index (χ0) is 101. The van der Waals surface area contributed by atoms with E-state index in [9.17, 15) is 0 Å². The van der Waals surface area contributed by atoms with E-state index in [2.05, 4.69) is 394 Å². The molecule has 16 aromatic carbocycles. The van der Waals surface area contributed by atoms with E-state index in [1.54, 1.807) is 27.8 Å². The molecule has 149 heavy (non-hydrogen) atoms. The van der Waals surface area contributed by atoms with E-state index in [1.807, 2.05) is 0 Å². The van der Waals surface area contributed by atoms with Crippen LogP contribution >= 0.6 is 0 Å². The minimum absolute atomic E-state index is 0.0234. The zero-order valence-electron chi connectivity index (χ0n) is 90.0. The van der Waals surface area contributed by atoms with E-state index in [-0.39, 0.29) is 16.2 Å². The molecule has 0 N–H and O–H groups in total. The summed E-state index contributed by atoms with van der Waals surface area (Å²) in [6.07, 6.45) is 44.2. The number of hydrogen-bond donors (Lipinski definition) is 0. The van der Waals surface area contributed by atoms with Crippen LogP contribution in [0.1, 0.15) is 376 Å². The summed E-state index contributed by atoms with van der Waals surface area (Å²) in [7, 11) is 0. The van der Waals surface area contributed by atoms with Crippen LogP contribution < -0.4 is 4.90 Å². The van der Waals surface area contributed by atoms with E-state index < -0.39 is 16.2 Å². The molecule has 0 bridgehead atoms. The summed E-state index contributed by atoms with van der Waals surface area (Å²) in [6.45, 7) is 19.4. The number of benzene rings is 16. The van der Waals surface area contributed by atoms with Gasteiger partial charge in [-0.3, -0.25) is 0 Å². The Kier molecular flexibility index (Phi) is 27.2. The van der Waals surface area contributed by atoms with Crippen molar-refractivity contribution in [3.05, 3.63) is 423 Å². The molecule has 0 spiro atoms. The normalized spacial score (nSPS) is 15.1. The Morgan fingerprint density at radius 1 is 0.208 bits per heavy atom. The van der Waals surface area contributed by atoms with E-state index in [0.717, 1.165) is 83.0 Å². The fourth-order valence-corrected chi connectivity index (χ4v) is 30.3. The summed E-state index contributed by atoms with van der Waals surface area (Å²) >= 11 is 0. The number of para-hydroxylation sites is 2. The summed E-state index contributed by atoms with van der Waals surface area (Å²) in [6, 6.07) is 133. The quantitative estimate of drug-likeness (QED) is 0.0357. The highest BCUT2D eigenvalue weighted by atomic mass is 16.3. The first kappa shape index (κ1) is 98.0. The first-order chi connectivity index (χ1) is 73.4. The van der Waals surface area contributed by atoms with Crippen LogP contribution in [-0.2, 0) is 32.5 Å². The van der Waals surface area contributed by atoms with Gasteiger partial charge in [0.2, 0.25) is 0 Å². The van der Waals surface area contributed by atoms with Gasteiger partial charge in [-0.1, -0.05) is 503 Å². The Bertz CT molecular complexity index is 7850. The van der Waals surface area contributed by atoms with E-state index in [0.29, 0.717) is 0 Å². The standard InChI is InChI=1S/C146H151NO2/c1-9-15-21-27-53-87-142(88-54-28-22-16-10-2)120-71-49-45-67-109(120)112-81-76-101(94-125(112)142)100-75-80-110-111-82-77-106(95-124(111)141(7,8)123(110)93-100)147(107-79-84-115-126(96-107)144(91-57-31-25-19-13-5,92-58-32-26-20-14-6)139-137(115)140-136(117-70-48-52-74-131(117)149-140)135-114-68-46-50-72-121(114)143(138(135)139,89-55-29-23-17-11-3)90-56-30-24-18-12-4)108-78-83-113-118-98-129-119(99-128(118)146(127(113)97-108,104-63-41-35-42-64-104)105-65-43-36-44-66-105)133-122(85-86-132-134(133)116-69-47-51-73-130(116)148-132)145(129,102-59-37-33-38-60-102)103-61-39-34-40-62-103/h33-52,59-86,93-99H,9-32,53-58,87-92H2,1-8H3. The first-order valence-electron chi connectivity index (χ1n) is 58.6. The maximum Gasteiger partial charge on any atom is 0.144 e. The SMILES string of the molecule is CCCCCCCC1(CCCCCCC)c2ccccc2-c2ccc(-c3ccc4c(c3)C(C)(C)c3cc(N(c5ccc6c(c5)C(CCCCCCC)(CCCCCCC)c5c7c(c8c(oc9ccccc98)c5-6)-c5ccccc5C7(CCCCCCC)CCCCCCC)c5ccc6c(c5)C(c5ccccc5)(c5ccccc5)c5cc7c(cc5-6)C(c5ccccc5)(c5ccccc5)c5ccc6oc8ccccc8c6c5-7)ccc3-4)cc21. The molecule has 0 atom stereocenters. The zero-order valence-corrected chi connectivity index (χ0v) is 90.0. The summed E-state index contributed by atoms with van der Waals surface area (Å²) in [5, 5.41) is 4.85. The number of furan rings is 2. The molecular weight excluding hydrogens is 1800 g/mol. The van der Waals surface area contributed by atoms with Crippen molar-refractivity contribution in [3.63, 3.8) is 0 Å². The molecule has 2 heterocycles. The third-order valence-electron chi connectivity index (χ3n) is 37.3. The number of anilines is 3. The van der Waals surface area contributed by atoms with Crippen molar-refractivity contribution >= 4 is 60.9 Å². The summed E-state index contributed by atoms with van der Waals surface area (Å²) < 4.78 is 15.0. The number of hydrogen-bond acceptors (Lipinski definition) is 3. The van der Waals surface area contributed by atoms with Gasteiger partial charge in [-0.05, 0) is 279 Å². The Morgan fingerprint density at radius 3 is 1.04 bits per heavy atom. The van der Waals surface area contributed by atoms with Crippen molar-refractivity contribution in [1.82, 2.24) is 0 Å². The molecule has 3 heteroatoms. The summed E-state index contributed by atoms with van der Waals surface area (Å²) in [5.74, 6) is 0. The Balaban J connectivity index is 0.752. The minimum atomic E-state index is -0.841. The van der Waals surface area contributed by atoms with Crippen molar-refractivity contribution in [1.29, 1.82) is 0 Å². The molecular formula is C146H151NO2. The van der Waals surface area contributed by atoms with Crippen LogP contribution in [0.5, 0.6) is 0 Å². The van der Waals surface area contributed by atoms with Crippen molar-refractivity contribution < 1.29 is 8.83 Å². The Hall–Kier alpha value is -13.1. The van der Waals surface area contributed by atoms with Gasteiger partial charge in [0.25, 0.3) is 0 Å². The molecule has 24 rings (SSSR count). The van der Waals surface area contributed by atoms with Crippen LogP contribution in [-0.4, -0.2) is 0 Å². The monoisotopic (exact) mass is 1950 g/mol. The van der Waals surface area contributed by atoms with Crippen LogP contribution in [0, 0.1) is 0 Å². The fraction of sp³-hybridized carbons (Fsp3) is 0.342. The lowest BCUT2D eigenvalue weighted by atomic mass is 9.62. The van der Waals surface area contributed by atoms with Crippen molar-refractivity contribution in [3.8, 4) is 77.9 Å². The second-order valence-corrected chi connectivity index (χ2v) is 46.2. The number of nitrogens with zero attached hydrogens (tertiary/aromatic N) is 1. The number of rotatable bonds is 44. The predicted molar refractivity (Wildman–Crippen MR) is 632 cm³/mol. The highest BCUT2D eigenvalue weighted by Gasteiger charge is 2.57. The third-order valence-corrected chi connectivity index (χ3v) is 37.3. The van der Waals surface area contributed by atoms with E-state index in [1.165, 1.54) is 348 Å². The molecule has 0 saturated carbocycles. The lowest BCUT2D eigenvalue weighted by Crippen LogP contribution is -2.33. The van der Waals surface area contributed by atoms with Gasteiger partial charge < -0.3 is 13.7 Å². The van der Waals surface area contributed by atoms with Gasteiger partial charge in [0.05, 0.1) is 10.8 Å². The van der Waals surface area contributed by atoms with Gasteiger partial charge in [0.15, 0.2) is 0 Å². The molecule has 0 aliphatic heterocycles. The molecule has 0 radical (unpaired) electrons. The van der Waals surface area contributed by atoms with Crippen LogP contribution in [0.25, 0.3) is 122 Å². The van der Waals surface area contributed by atoms with E-state index >= 15 is 0 Å². The van der Waals surface area contributed by atoms with Crippen LogP contribution in [0.15, 0.2) is 342 Å². The second kappa shape index (κ2) is 41.3. The highest BCUT2D eigenvalue weighted by Crippen LogP contribution is 2.71. The topological polar surface area (TPSA) is 29.5 Å². The molecule has 0 fully saturated rings. The lowest BCUT2D eigenvalue weighted by Gasteiger charge is -2.40. The molecule has 752 valence electrons. The molecule has 0 amide bonds. The van der Waals surface area contributed by atoms with Gasteiger partial charge in [-0.2, -0.15) is 0 Å². The van der Waals surface area contributed by atoms with Crippen LogP contribution in [0.2, 0.25) is 0 Å². The Morgan fingerprint density at radius 2 is 0.537 bits per heavy atom. The highest BCUT2D eigenvalue weighted by molar-refractivity contribution is 6.22. The van der Waals surface area contributed by atoms with Crippen LogP contribution in [0.3, 0.4) is 0 Å². The van der Waals surface area contributed by atoms with Crippen molar-refractivity contribution in [2.45, 2.75) is 319 Å². The van der Waals surface area contributed by atoms with E-state index in [4.69, 9.17) is 8.83 Å². The second-order valence-electron chi connectivity index (χ2n) is 46.2. The fourth-order valence-electron chi connectivity index (χ4n) is 30.3. The number of fused-ring (bicyclic) bond motifs is 28. The van der Waals surface area contributed by atoms with Gasteiger partial charge in [-0.15, -0.1) is 0 Å². The molecule has 0 saturated heterocycles. The predicted octanol–water partition coefficient (Wildman–Crippen LogP) is 42.6. The first-order valence-corrected chi connectivity index (χ1v) is 58.6. The van der Waals surface area contributed by atoms with Gasteiger partial charge in [-0.25, -0.2) is 0 Å². The van der Waals surface area contributed by atoms with Gasteiger partial charge in [0, 0.05) is 65.8 Å². The molecule has 6 aliphatic rings.